The average Bonchev–Trinajstić information content (AvgIpc) is 2.56. The third kappa shape index (κ3) is 3.73. The highest BCUT2D eigenvalue weighted by Crippen LogP contribution is 2.23. The zero-order valence-electron chi connectivity index (χ0n) is 12.1. The molecule has 0 saturated carbocycles. The van der Waals surface area contributed by atoms with Gasteiger partial charge in [0.05, 0.1) is 17.6 Å². The zero-order valence-corrected chi connectivity index (χ0v) is 12.9. The highest BCUT2D eigenvalue weighted by atomic mass is 32.2. The first-order valence-electron chi connectivity index (χ1n) is 7.20. The molecule has 112 valence electrons. The van der Waals surface area contributed by atoms with Crippen LogP contribution in [0.5, 0.6) is 5.75 Å². The van der Waals surface area contributed by atoms with Crippen LogP contribution in [0.4, 0.5) is 0 Å². The molecule has 2 atom stereocenters. The fourth-order valence-corrected chi connectivity index (χ4v) is 3.91. The lowest BCUT2D eigenvalue weighted by Gasteiger charge is -2.16. The van der Waals surface area contributed by atoms with Crippen LogP contribution in [0.1, 0.15) is 38.3 Å². The monoisotopic (exact) mass is 297 g/mol. The number of nitrogens with one attached hydrogen (secondary N) is 1. The number of hydrogen-bond acceptors (Lipinski definition) is 4. The summed E-state index contributed by atoms with van der Waals surface area (Å²) in [5.41, 5.74) is 1.01. The quantitative estimate of drug-likeness (QED) is 0.926. The number of ether oxygens (including phenoxy) is 1. The van der Waals surface area contributed by atoms with Gasteiger partial charge in [-0.3, -0.25) is 0 Å². The lowest BCUT2D eigenvalue weighted by atomic mass is 10.1. The first-order valence-corrected chi connectivity index (χ1v) is 8.92. The van der Waals surface area contributed by atoms with E-state index in [1.807, 2.05) is 24.3 Å². The molecule has 1 aliphatic heterocycles. The number of rotatable bonds is 4. The standard InChI is InChI=1S/C15H23NO3S/c1-3-10-19-14-6-4-13(5-7-14)15-11-20(17,18)12(2)8-9-16-15/h4-7,12,15-16H,3,8-11H2,1-2H3. The summed E-state index contributed by atoms with van der Waals surface area (Å²) in [5, 5.41) is 3.07. The van der Waals surface area contributed by atoms with Crippen LogP contribution in [-0.4, -0.2) is 32.6 Å². The molecule has 0 amide bonds. The molecular weight excluding hydrogens is 274 g/mol. The molecule has 1 aromatic carbocycles. The Balaban J connectivity index is 2.10. The predicted octanol–water partition coefficient (Wildman–Crippen LogP) is 2.31. The zero-order chi connectivity index (χ0) is 14.6. The summed E-state index contributed by atoms with van der Waals surface area (Å²) in [4.78, 5) is 0. The van der Waals surface area contributed by atoms with E-state index in [0.29, 0.717) is 13.0 Å². The minimum Gasteiger partial charge on any atom is -0.494 e. The van der Waals surface area contributed by atoms with Crippen LogP contribution < -0.4 is 10.1 Å². The van der Waals surface area contributed by atoms with Gasteiger partial charge in [-0.1, -0.05) is 19.1 Å². The van der Waals surface area contributed by atoms with Gasteiger partial charge in [0, 0.05) is 6.04 Å². The second-order valence-corrected chi connectivity index (χ2v) is 7.82. The molecular formula is C15H23NO3S. The Kier molecular flexibility index (Phi) is 5.05. The summed E-state index contributed by atoms with van der Waals surface area (Å²) in [5.74, 6) is 1.00. The Hall–Kier alpha value is -1.07. The van der Waals surface area contributed by atoms with Crippen LogP contribution in [0.15, 0.2) is 24.3 Å². The van der Waals surface area contributed by atoms with E-state index in [9.17, 15) is 8.42 Å². The molecule has 4 nitrogen and oxygen atoms in total. The van der Waals surface area contributed by atoms with Gasteiger partial charge in [-0.15, -0.1) is 0 Å². The average molecular weight is 297 g/mol. The summed E-state index contributed by atoms with van der Waals surface area (Å²) in [6, 6.07) is 7.61. The molecule has 1 heterocycles. The fourth-order valence-electron chi connectivity index (χ4n) is 2.33. The minimum absolute atomic E-state index is 0.120. The van der Waals surface area contributed by atoms with E-state index in [1.165, 1.54) is 0 Å². The Morgan fingerprint density at radius 2 is 2.00 bits per heavy atom. The maximum absolute atomic E-state index is 12.1. The van der Waals surface area contributed by atoms with E-state index in [2.05, 4.69) is 12.2 Å². The van der Waals surface area contributed by atoms with E-state index in [4.69, 9.17) is 4.74 Å². The van der Waals surface area contributed by atoms with Gasteiger partial charge < -0.3 is 10.1 Å². The summed E-state index contributed by atoms with van der Waals surface area (Å²) in [6.07, 6.45) is 1.65. The first-order chi connectivity index (χ1) is 9.53. The van der Waals surface area contributed by atoms with Gasteiger partial charge in [0.2, 0.25) is 0 Å². The van der Waals surface area contributed by atoms with Crippen LogP contribution in [0.3, 0.4) is 0 Å². The Morgan fingerprint density at radius 1 is 1.30 bits per heavy atom. The Labute approximate surface area is 121 Å². The first kappa shape index (κ1) is 15.3. The van der Waals surface area contributed by atoms with E-state index in [-0.39, 0.29) is 17.0 Å². The summed E-state index contributed by atoms with van der Waals surface area (Å²) < 4.78 is 29.8. The number of hydrogen-bond donors (Lipinski definition) is 1. The molecule has 1 aromatic rings. The van der Waals surface area contributed by atoms with Crippen LogP contribution in [-0.2, 0) is 9.84 Å². The molecule has 20 heavy (non-hydrogen) atoms. The summed E-state index contributed by atoms with van der Waals surface area (Å²) in [7, 11) is -3.01. The molecule has 1 N–H and O–H groups in total. The third-order valence-electron chi connectivity index (χ3n) is 3.71. The maximum atomic E-state index is 12.1. The molecule has 0 spiro atoms. The van der Waals surface area contributed by atoms with E-state index < -0.39 is 9.84 Å². The highest BCUT2D eigenvalue weighted by molar-refractivity contribution is 7.92. The smallest absolute Gasteiger partial charge is 0.154 e. The highest BCUT2D eigenvalue weighted by Gasteiger charge is 2.29. The van der Waals surface area contributed by atoms with Gasteiger partial charge in [-0.05, 0) is 44.0 Å². The van der Waals surface area contributed by atoms with Crippen molar-refractivity contribution in [3.63, 3.8) is 0 Å². The van der Waals surface area contributed by atoms with Crippen molar-refractivity contribution in [1.29, 1.82) is 0 Å². The van der Waals surface area contributed by atoms with Crippen molar-refractivity contribution in [2.45, 2.75) is 38.0 Å². The Bertz CT molecular complexity index is 525. The van der Waals surface area contributed by atoms with Gasteiger partial charge in [-0.25, -0.2) is 8.42 Å². The van der Waals surface area contributed by atoms with Crippen molar-refractivity contribution >= 4 is 9.84 Å². The number of sulfone groups is 1. The van der Waals surface area contributed by atoms with Gasteiger partial charge in [0.25, 0.3) is 0 Å². The van der Waals surface area contributed by atoms with Crippen LogP contribution >= 0.6 is 0 Å². The predicted molar refractivity (Wildman–Crippen MR) is 80.8 cm³/mol. The molecule has 1 saturated heterocycles. The van der Waals surface area contributed by atoms with Crippen molar-refractivity contribution in [1.82, 2.24) is 5.32 Å². The lowest BCUT2D eigenvalue weighted by molar-refractivity contribution is 0.317. The molecule has 2 rings (SSSR count). The van der Waals surface area contributed by atoms with Gasteiger partial charge in [-0.2, -0.15) is 0 Å². The molecule has 5 heteroatoms. The molecule has 0 aliphatic carbocycles. The maximum Gasteiger partial charge on any atom is 0.154 e. The van der Waals surface area contributed by atoms with Crippen molar-refractivity contribution in [3.8, 4) is 5.75 Å². The molecule has 0 bridgehead atoms. The molecule has 0 radical (unpaired) electrons. The normalized spacial score (nSPS) is 25.9. The van der Waals surface area contributed by atoms with Crippen LogP contribution in [0.2, 0.25) is 0 Å². The minimum atomic E-state index is -3.01. The topological polar surface area (TPSA) is 55.4 Å². The molecule has 1 fully saturated rings. The van der Waals surface area contributed by atoms with Crippen molar-refractivity contribution in [2.24, 2.45) is 0 Å². The molecule has 1 aliphatic rings. The molecule has 0 aromatic heterocycles. The van der Waals surface area contributed by atoms with Crippen molar-refractivity contribution in [3.05, 3.63) is 29.8 Å². The van der Waals surface area contributed by atoms with Crippen LogP contribution in [0, 0.1) is 0 Å². The van der Waals surface area contributed by atoms with Crippen molar-refractivity contribution < 1.29 is 13.2 Å². The third-order valence-corrected chi connectivity index (χ3v) is 5.97. The van der Waals surface area contributed by atoms with Crippen LogP contribution in [0.25, 0.3) is 0 Å². The van der Waals surface area contributed by atoms with Gasteiger partial charge in [0.15, 0.2) is 9.84 Å². The van der Waals surface area contributed by atoms with Gasteiger partial charge >= 0.3 is 0 Å². The second kappa shape index (κ2) is 6.59. The fraction of sp³-hybridized carbons (Fsp3) is 0.600. The van der Waals surface area contributed by atoms with E-state index in [0.717, 1.165) is 24.3 Å². The summed E-state index contributed by atoms with van der Waals surface area (Å²) in [6.45, 7) is 5.29. The number of benzene rings is 1. The van der Waals surface area contributed by atoms with Gasteiger partial charge in [0.1, 0.15) is 5.75 Å². The second-order valence-electron chi connectivity index (χ2n) is 5.35. The largest absolute Gasteiger partial charge is 0.494 e. The lowest BCUT2D eigenvalue weighted by Crippen LogP contribution is -2.26. The van der Waals surface area contributed by atoms with E-state index >= 15 is 0 Å². The summed E-state index contributed by atoms with van der Waals surface area (Å²) >= 11 is 0. The Morgan fingerprint density at radius 3 is 2.65 bits per heavy atom. The van der Waals surface area contributed by atoms with Crippen molar-refractivity contribution in [2.75, 3.05) is 18.9 Å². The van der Waals surface area contributed by atoms with E-state index in [1.54, 1.807) is 6.92 Å². The molecule has 2 unspecified atom stereocenters. The SMILES string of the molecule is CCCOc1ccc(C2CS(=O)(=O)C(C)CCN2)cc1.